The van der Waals surface area contributed by atoms with Gasteiger partial charge in [-0.2, -0.15) is 0 Å². The molecular weight excluding hydrogens is 432 g/mol. The third-order valence-electron chi connectivity index (χ3n) is 7.13. The van der Waals surface area contributed by atoms with Crippen molar-refractivity contribution in [3.63, 3.8) is 0 Å². The number of fused-ring (bicyclic) bond motifs is 1. The highest BCUT2D eigenvalue weighted by Gasteiger charge is 2.35. The fourth-order valence-electron chi connectivity index (χ4n) is 5.42. The van der Waals surface area contributed by atoms with Gasteiger partial charge >= 0.3 is 0 Å². The Kier molecular flexibility index (Phi) is 7.20. The lowest BCUT2D eigenvalue weighted by Gasteiger charge is -2.32. The Balaban J connectivity index is 1.23. The Hall–Kier alpha value is -2.39. The standard InChI is InChI=1S/C26H36N4O4/c1-18-5-7-25(34-18)22-13-23(28-27-22)26(31)30-10-11-33-24-8-6-19(12-21(24)16-30)14-29-9-3-4-20(15-29)17-32-2/h5-8,12,20,22-23,27-28H,3-4,9-11,13-17H2,1-2H3. The molecule has 184 valence electrons. The summed E-state index contributed by atoms with van der Waals surface area (Å²) in [6, 6.07) is 10.1. The number of piperidine rings is 1. The fourth-order valence-corrected chi connectivity index (χ4v) is 5.42. The van der Waals surface area contributed by atoms with Crippen molar-refractivity contribution in [2.45, 2.75) is 51.4 Å². The molecule has 3 unspecified atom stereocenters. The molecule has 0 bridgehead atoms. The van der Waals surface area contributed by atoms with Gasteiger partial charge in [-0.15, -0.1) is 0 Å². The number of carbonyl (C=O) groups is 1. The molecule has 3 atom stereocenters. The maximum Gasteiger partial charge on any atom is 0.241 e. The fraction of sp³-hybridized carbons (Fsp3) is 0.577. The maximum atomic E-state index is 13.4. The lowest BCUT2D eigenvalue weighted by Crippen LogP contribution is -2.46. The Morgan fingerprint density at radius 3 is 2.94 bits per heavy atom. The second-order valence-corrected chi connectivity index (χ2v) is 9.83. The van der Waals surface area contributed by atoms with Gasteiger partial charge in [-0.3, -0.25) is 9.69 Å². The molecule has 2 saturated heterocycles. The Bertz CT molecular complexity index is 991. The third kappa shape index (κ3) is 5.30. The molecule has 34 heavy (non-hydrogen) atoms. The number of hydrogen-bond acceptors (Lipinski definition) is 7. The van der Waals surface area contributed by atoms with E-state index in [-0.39, 0.29) is 18.0 Å². The largest absolute Gasteiger partial charge is 0.491 e. The smallest absolute Gasteiger partial charge is 0.241 e. The predicted molar refractivity (Wildman–Crippen MR) is 128 cm³/mol. The molecule has 1 aromatic carbocycles. The summed E-state index contributed by atoms with van der Waals surface area (Å²) in [6.07, 6.45) is 3.11. The Morgan fingerprint density at radius 1 is 1.21 bits per heavy atom. The number of likely N-dealkylation sites (tertiary alicyclic amines) is 1. The van der Waals surface area contributed by atoms with Gasteiger partial charge in [0.05, 0.1) is 19.2 Å². The van der Waals surface area contributed by atoms with Crippen LogP contribution in [-0.4, -0.2) is 61.7 Å². The number of nitrogens with one attached hydrogen (secondary N) is 2. The molecule has 0 aliphatic carbocycles. The molecule has 0 spiro atoms. The van der Waals surface area contributed by atoms with Gasteiger partial charge in [-0.25, -0.2) is 10.9 Å². The van der Waals surface area contributed by atoms with Gasteiger partial charge in [0.1, 0.15) is 29.9 Å². The minimum absolute atomic E-state index is 0.00348. The highest BCUT2D eigenvalue weighted by molar-refractivity contribution is 5.82. The minimum Gasteiger partial charge on any atom is -0.491 e. The SMILES string of the molecule is COCC1CCCN(Cc2ccc3c(c2)CN(C(=O)C2CC(c4ccc(C)o4)NN2)CCO3)C1. The molecule has 3 aliphatic rings. The van der Waals surface area contributed by atoms with Crippen molar-refractivity contribution in [2.75, 3.05) is 40.0 Å². The van der Waals surface area contributed by atoms with Crippen LogP contribution in [0.3, 0.4) is 0 Å². The molecule has 8 heteroatoms. The van der Waals surface area contributed by atoms with Gasteiger partial charge in [0.2, 0.25) is 5.91 Å². The van der Waals surface area contributed by atoms with Crippen LogP contribution in [0, 0.1) is 12.8 Å². The van der Waals surface area contributed by atoms with Crippen LogP contribution >= 0.6 is 0 Å². The van der Waals surface area contributed by atoms with Gasteiger partial charge in [0.25, 0.3) is 0 Å². The van der Waals surface area contributed by atoms with Crippen molar-refractivity contribution < 1.29 is 18.7 Å². The van der Waals surface area contributed by atoms with Crippen LogP contribution in [0.15, 0.2) is 34.7 Å². The summed E-state index contributed by atoms with van der Waals surface area (Å²) in [4.78, 5) is 17.8. The van der Waals surface area contributed by atoms with E-state index in [0.717, 1.165) is 49.1 Å². The van der Waals surface area contributed by atoms with Gasteiger partial charge < -0.3 is 18.8 Å². The molecule has 8 nitrogen and oxygen atoms in total. The first-order valence-corrected chi connectivity index (χ1v) is 12.4. The summed E-state index contributed by atoms with van der Waals surface area (Å²) < 4.78 is 17.1. The first kappa shape index (κ1) is 23.4. The van der Waals surface area contributed by atoms with Crippen molar-refractivity contribution in [3.05, 3.63) is 53.0 Å². The molecule has 0 saturated carbocycles. The lowest BCUT2D eigenvalue weighted by molar-refractivity contribution is -0.133. The summed E-state index contributed by atoms with van der Waals surface area (Å²) in [5.41, 5.74) is 8.75. The maximum absolute atomic E-state index is 13.4. The van der Waals surface area contributed by atoms with E-state index in [0.29, 0.717) is 32.0 Å². The van der Waals surface area contributed by atoms with Crippen molar-refractivity contribution in [1.82, 2.24) is 20.7 Å². The zero-order valence-corrected chi connectivity index (χ0v) is 20.2. The van der Waals surface area contributed by atoms with Crippen molar-refractivity contribution in [1.29, 1.82) is 0 Å². The molecule has 2 aromatic rings. The topological polar surface area (TPSA) is 79.2 Å². The number of amides is 1. The van der Waals surface area contributed by atoms with Crippen LogP contribution < -0.4 is 15.6 Å². The van der Waals surface area contributed by atoms with Gasteiger partial charge in [0.15, 0.2) is 0 Å². The van der Waals surface area contributed by atoms with E-state index >= 15 is 0 Å². The van der Waals surface area contributed by atoms with Crippen LogP contribution in [0.25, 0.3) is 0 Å². The summed E-state index contributed by atoms with van der Waals surface area (Å²) >= 11 is 0. The Morgan fingerprint density at radius 2 is 2.12 bits per heavy atom. The van der Waals surface area contributed by atoms with E-state index < -0.39 is 0 Å². The van der Waals surface area contributed by atoms with E-state index in [9.17, 15) is 4.79 Å². The quantitative estimate of drug-likeness (QED) is 0.675. The number of carbonyl (C=O) groups excluding carboxylic acids is 1. The first-order valence-electron chi connectivity index (χ1n) is 12.4. The minimum atomic E-state index is -0.286. The number of benzene rings is 1. The van der Waals surface area contributed by atoms with E-state index in [4.69, 9.17) is 13.9 Å². The third-order valence-corrected chi connectivity index (χ3v) is 7.13. The summed E-state index contributed by atoms with van der Waals surface area (Å²) in [5, 5.41) is 0. The van der Waals surface area contributed by atoms with Gasteiger partial charge in [0, 0.05) is 32.3 Å². The van der Waals surface area contributed by atoms with Crippen LogP contribution in [-0.2, 0) is 22.6 Å². The summed E-state index contributed by atoms with van der Waals surface area (Å²) in [7, 11) is 1.79. The highest BCUT2D eigenvalue weighted by atomic mass is 16.5. The molecule has 1 amide bonds. The second kappa shape index (κ2) is 10.5. The number of hydrogen-bond donors (Lipinski definition) is 2. The summed E-state index contributed by atoms with van der Waals surface area (Å²) in [6.45, 7) is 7.52. The normalized spacial score (nSPS) is 25.6. The number of nitrogens with zero attached hydrogens (tertiary/aromatic N) is 2. The average molecular weight is 469 g/mol. The average Bonchev–Trinajstić information content (AvgIpc) is 3.44. The lowest BCUT2D eigenvalue weighted by atomic mass is 9.98. The first-order chi connectivity index (χ1) is 16.6. The molecule has 2 fully saturated rings. The van der Waals surface area contributed by atoms with Crippen LogP contribution in [0.2, 0.25) is 0 Å². The van der Waals surface area contributed by atoms with E-state index in [2.05, 4.69) is 34.0 Å². The van der Waals surface area contributed by atoms with Gasteiger partial charge in [-0.1, -0.05) is 6.07 Å². The molecule has 3 aliphatic heterocycles. The monoisotopic (exact) mass is 468 g/mol. The zero-order chi connectivity index (χ0) is 23.5. The van der Waals surface area contributed by atoms with E-state index in [1.165, 1.54) is 18.4 Å². The highest BCUT2D eigenvalue weighted by Crippen LogP contribution is 2.29. The van der Waals surface area contributed by atoms with Crippen molar-refractivity contribution in [2.24, 2.45) is 5.92 Å². The van der Waals surface area contributed by atoms with Crippen molar-refractivity contribution in [3.8, 4) is 5.75 Å². The molecule has 4 heterocycles. The van der Waals surface area contributed by atoms with E-state index in [1.807, 2.05) is 24.0 Å². The molecule has 1 aromatic heterocycles. The number of hydrazine groups is 1. The number of furan rings is 1. The molecular formula is C26H36N4O4. The van der Waals surface area contributed by atoms with Crippen LogP contribution in [0.5, 0.6) is 5.75 Å². The Labute approximate surface area is 201 Å². The van der Waals surface area contributed by atoms with Gasteiger partial charge in [-0.05, 0) is 68.5 Å². The second-order valence-electron chi connectivity index (χ2n) is 9.83. The molecule has 0 radical (unpaired) electrons. The predicted octanol–water partition coefficient (Wildman–Crippen LogP) is 2.78. The number of methoxy groups -OCH3 is 1. The van der Waals surface area contributed by atoms with Crippen LogP contribution in [0.4, 0.5) is 0 Å². The van der Waals surface area contributed by atoms with Crippen LogP contribution in [0.1, 0.15) is 48.0 Å². The van der Waals surface area contributed by atoms with E-state index in [1.54, 1.807) is 7.11 Å². The number of aryl methyl sites for hydroxylation is 1. The zero-order valence-electron chi connectivity index (χ0n) is 20.2. The number of ether oxygens (including phenoxy) is 2. The summed E-state index contributed by atoms with van der Waals surface area (Å²) in [5.74, 6) is 3.33. The van der Waals surface area contributed by atoms with Crippen molar-refractivity contribution >= 4 is 5.91 Å². The molecule has 5 rings (SSSR count). The number of rotatable bonds is 6. The molecule has 2 N–H and O–H groups in total.